The number of phosphoric ester groups is 1. The molecule has 0 bridgehead atoms. The van der Waals surface area contributed by atoms with Gasteiger partial charge >= 0.3 is 25.7 Å². The second-order valence-corrected chi connectivity index (χ2v) is 19.1. The molecule has 12 heteroatoms. The van der Waals surface area contributed by atoms with Gasteiger partial charge in [0.05, 0.1) is 13.2 Å². The fourth-order valence-electron chi connectivity index (χ4n) is 7.35. The summed E-state index contributed by atoms with van der Waals surface area (Å²) < 4.78 is 32.8. The Labute approximate surface area is 385 Å². The summed E-state index contributed by atoms with van der Waals surface area (Å²) in [6.45, 7) is 2.83. The van der Waals surface area contributed by atoms with Crippen LogP contribution in [-0.4, -0.2) is 59.9 Å². The second-order valence-electron chi connectivity index (χ2n) is 17.7. The Bertz CT molecular complexity index is 1160. The molecule has 0 aromatic rings. The average molecular weight is 914 g/mol. The van der Waals surface area contributed by atoms with Crippen molar-refractivity contribution in [3.05, 3.63) is 24.3 Å². The summed E-state index contributed by atoms with van der Waals surface area (Å²) in [5, 5.41) is 8.92. The molecule has 0 saturated carbocycles. The molecule has 0 saturated heterocycles. The van der Waals surface area contributed by atoms with Crippen molar-refractivity contribution in [2.45, 2.75) is 264 Å². The van der Waals surface area contributed by atoms with E-state index in [0.29, 0.717) is 12.8 Å². The number of nitrogens with two attached hydrogens (primary N) is 1. The fraction of sp³-hybridized carbons (Fsp3) is 0.863. The number of carbonyl (C=O) groups excluding carboxylic acids is 2. The summed E-state index contributed by atoms with van der Waals surface area (Å²) in [5.41, 5.74) is 5.35. The van der Waals surface area contributed by atoms with Gasteiger partial charge in [-0.3, -0.25) is 23.4 Å². The number of hydrogen-bond donors (Lipinski definition) is 3. The highest BCUT2D eigenvalue weighted by Crippen LogP contribution is 2.43. The zero-order chi connectivity index (χ0) is 46.3. The van der Waals surface area contributed by atoms with Crippen molar-refractivity contribution in [1.82, 2.24) is 0 Å². The van der Waals surface area contributed by atoms with Gasteiger partial charge in [-0.15, -0.1) is 0 Å². The monoisotopic (exact) mass is 914 g/mol. The molecule has 0 spiro atoms. The number of carbonyl (C=O) groups is 3. The molecule has 0 aromatic carbocycles. The molecule has 0 fully saturated rings. The highest BCUT2D eigenvalue weighted by Gasteiger charge is 2.28. The molecule has 0 rings (SSSR count). The van der Waals surface area contributed by atoms with Gasteiger partial charge in [0.25, 0.3) is 0 Å². The van der Waals surface area contributed by atoms with Crippen LogP contribution in [0.1, 0.15) is 251 Å². The third-order valence-corrected chi connectivity index (χ3v) is 12.4. The Morgan fingerprint density at radius 1 is 0.476 bits per heavy atom. The topological polar surface area (TPSA) is 172 Å². The van der Waals surface area contributed by atoms with Gasteiger partial charge < -0.3 is 25.2 Å². The number of ether oxygens (including phenoxy) is 2. The molecule has 0 aliphatic rings. The average Bonchev–Trinajstić information content (AvgIpc) is 3.26. The van der Waals surface area contributed by atoms with E-state index in [1.54, 1.807) is 0 Å². The minimum atomic E-state index is -4.72. The first-order valence-electron chi connectivity index (χ1n) is 25.9. The number of phosphoric acid groups is 1. The third kappa shape index (κ3) is 46.3. The first-order chi connectivity index (χ1) is 30.6. The number of unbranched alkanes of at least 4 members (excludes halogenated alkanes) is 31. The lowest BCUT2D eigenvalue weighted by Gasteiger charge is -2.20. The molecule has 0 heterocycles. The highest BCUT2D eigenvalue weighted by atomic mass is 31.2. The van der Waals surface area contributed by atoms with Gasteiger partial charge in [-0.1, -0.05) is 199 Å². The summed E-state index contributed by atoms with van der Waals surface area (Å²) in [5.74, 6) is -2.38. The van der Waals surface area contributed by atoms with E-state index in [9.17, 15) is 23.8 Å². The van der Waals surface area contributed by atoms with Gasteiger partial charge in [0.1, 0.15) is 12.6 Å². The Hall–Kier alpha value is -2.04. The maximum Gasteiger partial charge on any atom is 0.472 e. The predicted molar refractivity (Wildman–Crippen MR) is 259 cm³/mol. The van der Waals surface area contributed by atoms with E-state index in [4.69, 9.17) is 24.8 Å². The Balaban J connectivity index is 4.21. The Morgan fingerprint density at radius 2 is 0.794 bits per heavy atom. The van der Waals surface area contributed by atoms with Crippen LogP contribution in [0.5, 0.6) is 0 Å². The first kappa shape index (κ1) is 61.0. The second kappa shape index (κ2) is 46.5. The molecule has 3 atom stereocenters. The number of rotatable bonds is 49. The maximum atomic E-state index is 12.7. The Morgan fingerprint density at radius 3 is 1.16 bits per heavy atom. The van der Waals surface area contributed by atoms with Gasteiger partial charge in [0, 0.05) is 12.8 Å². The van der Waals surface area contributed by atoms with E-state index in [2.05, 4.69) is 42.7 Å². The Kier molecular flexibility index (Phi) is 45.0. The van der Waals surface area contributed by atoms with E-state index >= 15 is 0 Å². The molecule has 63 heavy (non-hydrogen) atoms. The minimum absolute atomic E-state index is 0.161. The van der Waals surface area contributed by atoms with Crippen LogP contribution in [0.15, 0.2) is 24.3 Å². The van der Waals surface area contributed by atoms with E-state index in [1.165, 1.54) is 154 Å². The van der Waals surface area contributed by atoms with E-state index < -0.39 is 51.1 Å². The van der Waals surface area contributed by atoms with Crippen LogP contribution < -0.4 is 5.73 Å². The number of carboxylic acids is 1. The van der Waals surface area contributed by atoms with Crippen LogP contribution in [0, 0.1) is 0 Å². The molecule has 0 aliphatic carbocycles. The van der Waals surface area contributed by atoms with Crippen molar-refractivity contribution in [1.29, 1.82) is 0 Å². The molecule has 0 aliphatic heterocycles. The van der Waals surface area contributed by atoms with Crippen LogP contribution >= 0.6 is 7.82 Å². The maximum absolute atomic E-state index is 12.7. The molecule has 11 nitrogen and oxygen atoms in total. The number of allylic oxidation sites excluding steroid dienone is 4. The zero-order valence-corrected chi connectivity index (χ0v) is 41.3. The van der Waals surface area contributed by atoms with Crippen molar-refractivity contribution in [2.24, 2.45) is 5.73 Å². The lowest BCUT2D eigenvalue weighted by Crippen LogP contribution is -2.34. The highest BCUT2D eigenvalue weighted by molar-refractivity contribution is 7.47. The van der Waals surface area contributed by atoms with Crippen LogP contribution in [-0.2, 0) is 37.5 Å². The van der Waals surface area contributed by atoms with Gasteiger partial charge in [0.15, 0.2) is 6.10 Å². The van der Waals surface area contributed by atoms with Gasteiger partial charge in [-0.25, -0.2) is 4.57 Å². The first-order valence-corrected chi connectivity index (χ1v) is 27.4. The summed E-state index contributed by atoms with van der Waals surface area (Å²) in [4.78, 5) is 46.2. The smallest absolute Gasteiger partial charge is 0.472 e. The van der Waals surface area contributed by atoms with Crippen molar-refractivity contribution >= 4 is 25.7 Å². The summed E-state index contributed by atoms with van der Waals surface area (Å²) in [6.07, 6.45) is 51.0. The molecular formula is C51H96NO10P. The molecule has 4 N–H and O–H groups in total. The lowest BCUT2D eigenvalue weighted by molar-refractivity contribution is -0.161. The van der Waals surface area contributed by atoms with Crippen molar-refractivity contribution in [3.63, 3.8) is 0 Å². The third-order valence-electron chi connectivity index (χ3n) is 11.4. The zero-order valence-electron chi connectivity index (χ0n) is 40.4. The van der Waals surface area contributed by atoms with E-state index in [1.807, 2.05) is 0 Å². The molecule has 0 amide bonds. The number of esters is 2. The van der Waals surface area contributed by atoms with Crippen molar-refractivity contribution in [2.75, 3.05) is 19.8 Å². The molecule has 3 unspecified atom stereocenters. The van der Waals surface area contributed by atoms with Crippen molar-refractivity contribution < 1.29 is 47.5 Å². The van der Waals surface area contributed by atoms with Gasteiger partial charge in [-0.2, -0.15) is 0 Å². The standard InChI is InChI=1S/C51H96NO10P/c1-3-5-7-9-11-13-15-17-19-21-22-23-24-25-26-27-29-31-33-35-37-39-41-43-50(54)62-47(45-60-63(57,58)61-46-48(52)51(55)56)44-59-49(53)42-40-38-36-34-32-30-28-20-18-16-14-12-10-8-6-4-2/h20-22,28,47-48H,3-19,23-27,29-46,52H2,1-2H3,(H,55,56)(H,57,58)/b22-21-,28-20-. The van der Waals surface area contributed by atoms with E-state index in [0.717, 1.165) is 57.8 Å². The van der Waals surface area contributed by atoms with E-state index in [-0.39, 0.29) is 19.4 Å². The molecule has 370 valence electrons. The quantitative estimate of drug-likeness (QED) is 0.0230. The van der Waals surface area contributed by atoms with Crippen LogP contribution in [0.3, 0.4) is 0 Å². The van der Waals surface area contributed by atoms with Crippen LogP contribution in [0.2, 0.25) is 0 Å². The van der Waals surface area contributed by atoms with Crippen molar-refractivity contribution in [3.8, 4) is 0 Å². The van der Waals surface area contributed by atoms with Crippen LogP contribution in [0.25, 0.3) is 0 Å². The molecular weight excluding hydrogens is 818 g/mol. The summed E-state index contributed by atoms with van der Waals surface area (Å²) >= 11 is 0. The SMILES string of the molecule is CCCCCCCCC/C=C\CCCCCCCC(=O)OCC(COP(=O)(O)OCC(N)C(=O)O)OC(=O)CCCCCCCCCCCCC/C=C\CCCCCCCCCC. The molecule has 0 aromatic heterocycles. The number of aliphatic carboxylic acids is 1. The normalized spacial score (nSPS) is 13.7. The predicted octanol–water partition coefficient (Wildman–Crippen LogP) is 14.6. The van der Waals surface area contributed by atoms with Gasteiger partial charge in [-0.05, 0) is 64.2 Å². The molecule has 0 radical (unpaired) electrons. The summed E-state index contributed by atoms with van der Waals surface area (Å²) in [7, 11) is -4.72. The summed E-state index contributed by atoms with van der Waals surface area (Å²) in [6, 6.07) is -1.52. The largest absolute Gasteiger partial charge is 0.480 e. The fourth-order valence-corrected chi connectivity index (χ4v) is 8.13. The van der Waals surface area contributed by atoms with Gasteiger partial charge in [0.2, 0.25) is 0 Å². The minimum Gasteiger partial charge on any atom is -0.480 e. The number of carboxylic acid groups (broad SMARTS) is 1. The van der Waals surface area contributed by atoms with Crippen LogP contribution in [0.4, 0.5) is 0 Å². The lowest BCUT2D eigenvalue weighted by atomic mass is 10.0. The number of hydrogen-bond acceptors (Lipinski definition) is 9.